The van der Waals surface area contributed by atoms with Crippen molar-refractivity contribution in [3.05, 3.63) is 53.4 Å². The minimum absolute atomic E-state index is 0.211. The van der Waals surface area contributed by atoms with Crippen molar-refractivity contribution in [1.82, 2.24) is 14.8 Å². The summed E-state index contributed by atoms with van der Waals surface area (Å²) in [5.41, 5.74) is 0.920. The molecule has 136 valence electrons. The third kappa shape index (κ3) is 4.01. The molecule has 1 aliphatic rings. The summed E-state index contributed by atoms with van der Waals surface area (Å²) in [6.45, 7) is 1.58. The SMILES string of the molecule is O[C@H](CSc1nnc(-c2cccs2)n1C[C@H]1CCCO1)c1ccccc1. The highest BCUT2D eigenvalue weighted by molar-refractivity contribution is 7.99. The van der Waals surface area contributed by atoms with Crippen molar-refractivity contribution in [2.75, 3.05) is 12.4 Å². The molecule has 26 heavy (non-hydrogen) atoms. The number of thioether (sulfide) groups is 1. The molecule has 2 aromatic heterocycles. The fourth-order valence-electron chi connectivity index (χ4n) is 3.06. The van der Waals surface area contributed by atoms with Crippen molar-refractivity contribution in [3.8, 4) is 10.7 Å². The van der Waals surface area contributed by atoms with Crippen molar-refractivity contribution in [1.29, 1.82) is 0 Å². The zero-order chi connectivity index (χ0) is 17.8. The Morgan fingerprint density at radius 1 is 1.23 bits per heavy atom. The number of ether oxygens (including phenoxy) is 1. The maximum atomic E-state index is 10.4. The lowest BCUT2D eigenvalue weighted by atomic mass is 10.1. The Kier molecular flexibility index (Phi) is 5.69. The minimum atomic E-state index is -0.528. The van der Waals surface area contributed by atoms with Gasteiger partial charge in [-0.1, -0.05) is 48.2 Å². The Labute approximate surface area is 161 Å². The molecule has 0 radical (unpaired) electrons. The molecule has 0 spiro atoms. The molecule has 0 bridgehead atoms. The Balaban J connectivity index is 1.53. The van der Waals surface area contributed by atoms with Gasteiger partial charge in [0.25, 0.3) is 0 Å². The van der Waals surface area contributed by atoms with Gasteiger partial charge in [-0.3, -0.25) is 4.57 Å². The molecule has 2 atom stereocenters. The standard InChI is InChI=1S/C19H21N3O2S2/c23-16(14-6-2-1-3-7-14)13-26-19-21-20-18(17-9-5-11-25-17)22(19)12-15-8-4-10-24-15/h1-3,5-7,9,11,15-16,23H,4,8,10,12-13H2/t15-,16-/m1/s1. The summed E-state index contributed by atoms with van der Waals surface area (Å²) < 4.78 is 7.96. The lowest BCUT2D eigenvalue weighted by Gasteiger charge is -2.15. The summed E-state index contributed by atoms with van der Waals surface area (Å²) in [6.07, 6.45) is 1.86. The summed E-state index contributed by atoms with van der Waals surface area (Å²) >= 11 is 3.20. The number of thiophene rings is 1. The molecule has 0 saturated carbocycles. The molecular formula is C19H21N3O2S2. The third-order valence-electron chi connectivity index (χ3n) is 4.42. The van der Waals surface area contributed by atoms with E-state index < -0.39 is 6.10 Å². The Bertz CT molecular complexity index is 815. The van der Waals surface area contributed by atoms with Crippen molar-refractivity contribution >= 4 is 23.1 Å². The van der Waals surface area contributed by atoms with Gasteiger partial charge >= 0.3 is 0 Å². The van der Waals surface area contributed by atoms with Crippen molar-refractivity contribution in [2.45, 2.75) is 36.8 Å². The molecule has 1 saturated heterocycles. The fraction of sp³-hybridized carbons (Fsp3) is 0.368. The molecule has 0 unspecified atom stereocenters. The van der Waals surface area contributed by atoms with Crippen molar-refractivity contribution in [2.24, 2.45) is 0 Å². The lowest BCUT2D eigenvalue weighted by Crippen LogP contribution is -2.16. The van der Waals surface area contributed by atoms with Crippen molar-refractivity contribution in [3.63, 3.8) is 0 Å². The second-order valence-corrected chi connectivity index (χ2v) is 8.20. The van der Waals surface area contributed by atoms with E-state index in [1.807, 2.05) is 41.8 Å². The molecule has 1 aliphatic heterocycles. The average Bonchev–Trinajstić information content (AvgIpc) is 3.43. The Morgan fingerprint density at radius 3 is 2.85 bits per heavy atom. The van der Waals surface area contributed by atoms with E-state index in [2.05, 4.69) is 20.8 Å². The molecule has 3 aromatic rings. The van der Waals surface area contributed by atoms with E-state index in [-0.39, 0.29) is 6.10 Å². The van der Waals surface area contributed by atoms with E-state index in [0.717, 1.165) is 47.4 Å². The maximum absolute atomic E-state index is 10.4. The van der Waals surface area contributed by atoms with E-state index >= 15 is 0 Å². The van der Waals surface area contributed by atoms with Gasteiger partial charge in [-0.25, -0.2) is 0 Å². The number of aliphatic hydroxyl groups is 1. The second kappa shape index (κ2) is 8.35. The third-order valence-corrected chi connectivity index (χ3v) is 6.33. The highest BCUT2D eigenvalue weighted by Gasteiger charge is 2.22. The van der Waals surface area contributed by atoms with Crippen LogP contribution in [-0.2, 0) is 11.3 Å². The van der Waals surface area contributed by atoms with Gasteiger partial charge in [0.15, 0.2) is 11.0 Å². The molecule has 5 nitrogen and oxygen atoms in total. The molecule has 4 rings (SSSR count). The Hall–Kier alpha value is -1.67. The van der Waals surface area contributed by atoms with Crippen LogP contribution in [0.4, 0.5) is 0 Å². The predicted octanol–water partition coefficient (Wildman–Crippen LogP) is 4.01. The van der Waals surface area contributed by atoms with Crippen LogP contribution in [0.5, 0.6) is 0 Å². The quantitative estimate of drug-likeness (QED) is 0.621. The van der Waals surface area contributed by atoms with Crippen LogP contribution in [0, 0.1) is 0 Å². The van der Waals surface area contributed by atoms with E-state index in [9.17, 15) is 5.11 Å². The number of hydrogen-bond acceptors (Lipinski definition) is 6. The number of aromatic nitrogens is 3. The normalized spacial score (nSPS) is 18.3. The average molecular weight is 388 g/mol. The van der Waals surface area contributed by atoms with Crippen LogP contribution in [0.15, 0.2) is 53.0 Å². The van der Waals surface area contributed by atoms with Crippen LogP contribution in [-0.4, -0.2) is 38.3 Å². The van der Waals surface area contributed by atoms with Gasteiger partial charge in [0, 0.05) is 12.4 Å². The smallest absolute Gasteiger partial charge is 0.191 e. The molecule has 7 heteroatoms. The Morgan fingerprint density at radius 2 is 2.12 bits per heavy atom. The van der Waals surface area contributed by atoms with Crippen LogP contribution >= 0.6 is 23.1 Å². The van der Waals surface area contributed by atoms with E-state index in [4.69, 9.17) is 4.74 Å². The van der Waals surface area contributed by atoms with E-state index in [1.54, 1.807) is 11.3 Å². The topological polar surface area (TPSA) is 60.2 Å². The molecule has 0 amide bonds. The number of aliphatic hydroxyl groups excluding tert-OH is 1. The monoisotopic (exact) mass is 387 g/mol. The summed E-state index contributed by atoms with van der Waals surface area (Å²) in [4.78, 5) is 1.10. The van der Waals surface area contributed by atoms with Gasteiger partial charge in [0.1, 0.15) is 0 Å². The zero-order valence-corrected chi connectivity index (χ0v) is 16.0. The number of rotatable bonds is 7. The predicted molar refractivity (Wildman–Crippen MR) is 104 cm³/mol. The summed E-state index contributed by atoms with van der Waals surface area (Å²) in [7, 11) is 0. The minimum Gasteiger partial charge on any atom is -0.388 e. The summed E-state index contributed by atoms with van der Waals surface area (Å²) in [6, 6.07) is 13.8. The van der Waals surface area contributed by atoms with E-state index in [1.165, 1.54) is 11.8 Å². The van der Waals surface area contributed by atoms with E-state index in [0.29, 0.717) is 5.75 Å². The largest absolute Gasteiger partial charge is 0.388 e. The molecule has 1 fully saturated rings. The van der Waals surface area contributed by atoms with Crippen LogP contribution in [0.25, 0.3) is 10.7 Å². The number of hydrogen-bond donors (Lipinski definition) is 1. The first kappa shape index (κ1) is 17.7. The van der Waals surface area contributed by atoms with Crippen LogP contribution in [0.2, 0.25) is 0 Å². The molecular weight excluding hydrogens is 366 g/mol. The van der Waals surface area contributed by atoms with Gasteiger partial charge in [-0.05, 0) is 29.9 Å². The molecule has 3 heterocycles. The first-order valence-electron chi connectivity index (χ1n) is 8.76. The number of nitrogens with zero attached hydrogens (tertiary/aromatic N) is 3. The highest BCUT2D eigenvalue weighted by Crippen LogP contribution is 2.30. The molecule has 1 aromatic carbocycles. The summed E-state index contributed by atoms with van der Waals surface area (Å²) in [5.74, 6) is 1.42. The van der Waals surface area contributed by atoms with Gasteiger partial charge in [0.2, 0.25) is 0 Å². The maximum Gasteiger partial charge on any atom is 0.191 e. The number of benzene rings is 1. The van der Waals surface area contributed by atoms with Crippen LogP contribution in [0.1, 0.15) is 24.5 Å². The van der Waals surface area contributed by atoms with Gasteiger partial charge in [-0.15, -0.1) is 21.5 Å². The van der Waals surface area contributed by atoms with Crippen molar-refractivity contribution < 1.29 is 9.84 Å². The highest BCUT2D eigenvalue weighted by atomic mass is 32.2. The zero-order valence-electron chi connectivity index (χ0n) is 14.3. The first-order chi connectivity index (χ1) is 12.8. The lowest BCUT2D eigenvalue weighted by molar-refractivity contribution is 0.0953. The second-order valence-electron chi connectivity index (χ2n) is 6.27. The van der Waals surface area contributed by atoms with Gasteiger partial charge in [-0.2, -0.15) is 0 Å². The molecule has 0 aliphatic carbocycles. The van der Waals surface area contributed by atoms with Crippen LogP contribution in [0.3, 0.4) is 0 Å². The molecule has 1 N–H and O–H groups in total. The van der Waals surface area contributed by atoms with Gasteiger partial charge in [0.05, 0.1) is 23.6 Å². The first-order valence-corrected chi connectivity index (χ1v) is 10.6. The summed E-state index contributed by atoms with van der Waals surface area (Å²) in [5, 5.41) is 22.1. The van der Waals surface area contributed by atoms with Gasteiger partial charge < -0.3 is 9.84 Å². The van der Waals surface area contributed by atoms with Crippen LogP contribution < -0.4 is 0 Å². The fourth-order valence-corrected chi connectivity index (χ4v) is 4.70.